The zero-order valence-electron chi connectivity index (χ0n) is 10.0. The second-order valence-corrected chi connectivity index (χ2v) is 4.49. The molecular weight excluding hydrogens is 184 g/mol. The molecule has 0 aliphatic rings. The molecule has 1 aromatic rings. The highest BCUT2D eigenvalue weighted by Crippen LogP contribution is 2.14. The van der Waals surface area contributed by atoms with Crippen LogP contribution in [0.15, 0.2) is 35.3 Å². The first-order valence-corrected chi connectivity index (χ1v) is 5.32. The molecule has 0 saturated carbocycles. The van der Waals surface area contributed by atoms with E-state index in [0.29, 0.717) is 0 Å². The molecular formula is C13H20N2. The Morgan fingerprint density at radius 3 is 2.40 bits per heavy atom. The maximum atomic E-state index is 4.57. The summed E-state index contributed by atoms with van der Waals surface area (Å²) in [6, 6.07) is 10.1. The molecule has 2 nitrogen and oxygen atoms in total. The lowest BCUT2D eigenvalue weighted by Gasteiger charge is -2.23. The number of nitrogens with one attached hydrogen (secondary N) is 1. The Morgan fingerprint density at radius 2 is 1.87 bits per heavy atom. The monoisotopic (exact) mass is 204 g/mol. The summed E-state index contributed by atoms with van der Waals surface area (Å²) in [4.78, 5) is 4.57. The van der Waals surface area contributed by atoms with E-state index in [1.807, 2.05) is 37.4 Å². The van der Waals surface area contributed by atoms with Crippen molar-refractivity contribution in [3.05, 3.63) is 30.3 Å². The quantitative estimate of drug-likeness (QED) is 0.748. The van der Waals surface area contributed by atoms with Crippen LogP contribution in [0.25, 0.3) is 0 Å². The van der Waals surface area contributed by atoms with Crippen LogP contribution in [0.3, 0.4) is 0 Å². The van der Waals surface area contributed by atoms with E-state index >= 15 is 0 Å². The molecule has 0 fully saturated rings. The second-order valence-electron chi connectivity index (χ2n) is 4.49. The Bertz CT molecular complexity index is 326. The van der Waals surface area contributed by atoms with Crippen LogP contribution in [-0.4, -0.2) is 18.3 Å². The van der Waals surface area contributed by atoms with Crippen LogP contribution in [0.5, 0.6) is 0 Å². The zero-order chi connectivity index (χ0) is 11.3. The Kier molecular flexibility index (Phi) is 4.04. The van der Waals surface area contributed by atoms with Crippen LogP contribution in [0, 0.1) is 0 Å². The van der Waals surface area contributed by atoms with Crippen LogP contribution in [0.4, 0.5) is 5.69 Å². The minimum Gasteiger partial charge on any atom is -0.314 e. The summed E-state index contributed by atoms with van der Waals surface area (Å²) in [7, 11) is 1.98. The third-order valence-electron chi connectivity index (χ3n) is 2.45. The van der Waals surface area contributed by atoms with E-state index in [4.69, 9.17) is 0 Å². The number of aliphatic imine (C=N–C) groups is 1. The van der Waals surface area contributed by atoms with Crippen molar-refractivity contribution in [2.24, 2.45) is 4.99 Å². The minimum atomic E-state index is 0.113. The lowest BCUT2D eigenvalue weighted by atomic mass is 9.98. The molecule has 0 saturated heterocycles. The van der Waals surface area contributed by atoms with Crippen LogP contribution in [0.1, 0.15) is 27.2 Å². The largest absolute Gasteiger partial charge is 0.314 e. The van der Waals surface area contributed by atoms with Crippen LogP contribution in [-0.2, 0) is 0 Å². The van der Waals surface area contributed by atoms with Gasteiger partial charge in [0.05, 0.1) is 5.69 Å². The summed E-state index contributed by atoms with van der Waals surface area (Å²) in [5, 5.41) is 3.28. The van der Waals surface area contributed by atoms with Gasteiger partial charge in [-0.3, -0.25) is 4.99 Å². The maximum absolute atomic E-state index is 4.57. The van der Waals surface area contributed by atoms with Gasteiger partial charge >= 0.3 is 0 Å². The lowest BCUT2D eigenvalue weighted by Crippen LogP contribution is -2.37. The molecule has 1 aromatic carbocycles. The zero-order valence-corrected chi connectivity index (χ0v) is 10.0. The molecule has 0 spiro atoms. The van der Waals surface area contributed by atoms with Crippen molar-refractivity contribution in [1.29, 1.82) is 0 Å². The maximum Gasteiger partial charge on any atom is 0.0628 e. The highest BCUT2D eigenvalue weighted by molar-refractivity contribution is 5.85. The average Bonchev–Trinajstić information content (AvgIpc) is 2.18. The van der Waals surface area contributed by atoms with Gasteiger partial charge in [0.15, 0.2) is 0 Å². The highest BCUT2D eigenvalue weighted by Gasteiger charge is 2.15. The lowest BCUT2D eigenvalue weighted by molar-refractivity contribution is 0.440. The van der Waals surface area contributed by atoms with E-state index in [1.165, 1.54) is 0 Å². The molecule has 0 aliphatic heterocycles. The Balaban J connectivity index is 2.69. The molecule has 0 bridgehead atoms. The Labute approximate surface area is 92.4 Å². The third kappa shape index (κ3) is 4.26. The van der Waals surface area contributed by atoms with Gasteiger partial charge in [0.1, 0.15) is 0 Å². The summed E-state index contributed by atoms with van der Waals surface area (Å²) < 4.78 is 0. The molecule has 82 valence electrons. The predicted molar refractivity (Wildman–Crippen MR) is 67.0 cm³/mol. The molecule has 1 rings (SSSR count). The Hall–Kier alpha value is -1.15. The Morgan fingerprint density at radius 1 is 1.27 bits per heavy atom. The molecule has 0 radical (unpaired) electrons. The van der Waals surface area contributed by atoms with Gasteiger partial charge in [0.2, 0.25) is 0 Å². The van der Waals surface area contributed by atoms with Crippen molar-refractivity contribution in [3.8, 4) is 0 Å². The van der Waals surface area contributed by atoms with E-state index in [9.17, 15) is 0 Å². The van der Waals surface area contributed by atoms with Gasteiger partial charge in [-0.15, -0.1) is 0 Å². The highest BCUT2D eigenvalue weighted by atomic mass is 14.9. The number of nitrogens with zero attached hydrogens (tertiary/aromatic N) is 1. The van der Waals surface area contributed by atoms with Gasteiger partial charge < -0.3 is 5.32 Å². The van der Waals surface area contributed by atoms with E-state index in [0.717, 1.165) is 17.8 Å². The predicted octanol–water partition coefficient (Wildman–Crippen LogP) is 3.17. The van der Waals surface area contributed by atoms with Crippen molar-refractivity contribution in [2.45, 2.75) is 32.7 Å². The van der Waals surface area contributed by atoms with Gasteiger partial charge in [-0.25, -0.2) is 0 Å². The third-order valence-corrected chi connectivity index (χ3v) is 2.45. The first kappa shape index (κ1) is 11.9. The topological polar surface area (TPSA) is 24.4 Å². The van der Waals surface area contributed by atoms with Gasteiger partial charge in [-0.2, -0.15) is 0 Å². The number of hydrogen-bond donors (Lipinski definition) is 1. The molecule has 0 amide bonds. The average molecular weight is 204 g/mol. The van der Waals surface area contributed by atoms with Gasteiger partial charge in [0.25, 0.3) is 0 Å². The fraction of sp³-hybridized carbons (Fsp3) is 0.462. The van der Waals surface area contributed by atoms with E-state index in [1.54, 1.807) is 0 Å². The van der Waals surface area contributed by atoms with E-state index in [2.05, 4.69) is 31.1 Å². The van der Waals surface area contributed by atoms with Gasteiger partial charge in [0, 0.05) is 17.7 Å². The molecule has 1 N–H and O–H groups in total. The number of hydrogen-bond acceptors (Lipinski definition) is 2. The summed E-state index contributed by atoms with van der Waals surface area (Å²) in [6.07, 6.45) is 0.957. The van der Waals surface area contributed by atoms with E-state index in [-0.39, 0.29) is 5.54 Å². The first-order valence-electron chi connectivity index (χ1n) is 5.32. The van der Waals surface area contributed by atoms with Crippen molar-refractivity contribution in [2.75, 3.05) is 7.05 Å². The fourth-order valence-corrected chi connectivity index (χ4v) is 1.49. The van der Waals surface area contributed by atoms with Crippen molar-refractivity contribution < 1.29 is 0 Å². The SMILES string of the molecule is CNC(C)(C)CC(C)=Nc1ccccc1. The smallest absolute Gasteiger partial charge is 0.0628 e. The van der Waals surface area contributed by atoms with E-state index < -0.39 is 0 Å². The summed E-state index contributed by atoms with van der Waals surface area (Å²) in [5.74, 6) is 0. The van der Waals surface area contributed by atoms with Gasteiger partial charge in [-0.1, -0.05) is 18.2 Å². The normalized spacial score (nSPS) is 12.9. The molecule has 0 aliphatic carbocycles. The summed E-state index contributed by atoms with van der Waals surface area (Å²) in [5.41, 5.74) is 2.30. The second kappa shape index (κ2) is 5.08. The van der Waals surface area contributed by atoms with Gasteiger partial charge in [-0.05, 0) is 40.0 Å². The minimum absolute atomic E-state index is 0.113. The van der Waals surface area contributed by atoms with Crippen molar-refractivity contribution >= 4 is 11.4 Å². The van der Waals surface area contributed by atoms with Crippen LogP contribution < -0.4 is 5.32 Å². The summed E-state index contributed by atoms with van der Waals surface area (Å²) in [6.45, 7) is 6.43. The standard InChI is InChI=1S/C13H20N2/c1-11(10-13(2,3)14-4)15-12-8-6-5-7-9-12/h5-9,14H,10H2,1-4H3. The number of benzene rings is 1. The van der Waals surface area contributed by atoms with Crippen molar-refractivity contribution in [1.82, 2.24) is 5.32 Å². The van der Waals surface area contributed by atoms with Crippen LogP contribution in [0.2, 0.25) is 0 Å². The summed E-state index contributed by atoms with van der Waals surface area (Å²) >= 11 is 0. The molecule has 0 unspecified atom stereocenters. The molecule has 15 heavy (non-hydrogen) atoms. The first-order chi connectivity index (χ1) is 7.03. The number of rotatable bonds is 4. The molecule has 2 heteroatoms. The molecule has 0 aromatic heterocycles. The molecule has 0 atom stereocenters. The van der Waals surface area contributed by atoms with Crippen LogP contribution >= 0.6 is 0 Å². The molecule has 0 heterocycles. The fourth-order valence-electron chi connectivity index (χ4n) is 1.49. The van der Waals surface area contributed by atoms with Crippen molar-refractivity contribution in [3.63, 3.8) is 0 Å². The number of para-hydroxylation sites is 1.